The van der Waals surface area contributed by atoms with Crippen LogP contribution in [0.5, 0.6) is 0 Å². The Morgan fingerprint density at radius 3 is 1.56 bits per heavy atom. The summed E-state index contributed by atoms with van der Waals surface area (Å²) < 4.78 is 0. The van der Waals surface area contributed by atoms with Crippen molar-refractivity contribution in [3.63, 3.8) is 0 Å². The van der Waals surface area contributed by atoms with E-state index in [2.05, 4.69) is 19.7 Å². The molecule has 0 aliphatic heterocycles. The standard InChI is InChI=1S/C6H5.2BrH.Zn/c1-2-4-6-5-3-1;;;/h1-5H;2*1H;/q-1;;;+2/p-1. The van der Waals surface area contributed by atoms with Gasteiger partial charge in [0.05, 0.1) is 0 Å². The molecule has 1 aromatic rings. The average molecular weight is 303 g/mol. The van der Waals surface area contributed by atoms with Gasteiger partial charge in [0.25, 0.3) is 0 Å². The second-order valence-electron chi connectivity index (χ2n) is 1.08. The van der Waals surface area contributed by atoms with Gasteiger partial charge in [-0.15, -0.1) is 17.0 Å². The van der Waals surface area contributed by atoms with E-state index in [1.54, 1.807) is 0 Å². The third-order valence-electron chi connectivity index (χ3n) is 0.607. The summed E-state index contributed by atoms with van der Waals surface area (Å²) in [6, 6.07) is 12.5. The van der Waals surface area contributed by atoms with E-state index in [9.17, 15) is 0 Å². The Morgan fingerprint density at radius 1 is 1.00 bits per heavy atom. The summed E-state index contributed by atoms with van der Waals surface area (Å²) in [6.07, 6.45) is 0. The second-order valence-corrected chi connectivity index (χ2v) is 1.08. The minimum absolute atomic E-state index is 0. The molecule has 0 bridgehead atoms. The van der Waals surface area contributed by atoms with Crippen LogP contribution in [0.1, 0.15) is 0 Å². The number of rotatable bonds is 0. The molecule has 0 atom stereocenters. The molecule has 0 N–H and O–H groups in total. The molecule has 0 fully saturated rings. The van der Waals surface area contributed by atoms with Gasteiger partial charge in [0.1, 0.15) is 0 Å². The van der Waals surface area contributed by atoms with Crippen LogP contribution in [-0.4, -0.2) is 0 Å². The fourth-order valence-electron chi connectivity index (χ4n) is 0.342. The second kappa shape index (κ2) is 11.6. The van der Waals surface area contributed by atoms with Crippen molar-refractivity contribution in [3.8, 4) is 0 Å². The summed E-state index contributed by atoms with van der Waals surface area (Å²) in [7, 11) is 0. The van der Waals surface area contributed by atoms with Gasteiger partial charge >= 0.3 is 30.0 Å². The van der Waals surface area contributed by atoms with Crippen LogP contribution in [0.3, 0.4) is 0 Å². The van der Waals surface area contributed by atoms with Crippen LogP contribution < -0.4 is 0 Å². The molecule has 46 valence electrons. The normalized spacial score (nSPS) is 6.11. The Balaban J connectivity index is 0. The van der Waals surface area contributed by atoms with Crippen LogP contribution in [-0.2, 0) is 16.3 Å². The molecular formula is C6H6Br2Zn. The number of hydrogen-bond donors (Lipinski definition) is 0. The van der Waals surface area contributed by atoms with Gasteiger partial charge in [0.2, 0.25) is 0 Å². The molecule has 0 radical (unpaired) electrons. The van der Waals surface area contributed by atoms with E-state index in [1.807, 2.05) is 30.3 Å². The first kappa shape index (κ1) is 12.5. The summed E-state index contributed by atoms with van der Waals surface area (Å²) >= 11 is 4.25. The molecule has 0 aliphatic rings. The molecule has 9 heavy (non-hydrogen) atoms. The van der Waals surface area contributed by atoms with Crippen molar-refractivity contribution in [1.29, 1.82) is 0 Å². The largest absolute Gasteiger partial charge is 0.184 e. The van der Waals surface area contributed by atoms with Gasteiger partial charge in [0, 0.05) is 0 Å². The molecule has 0 aromatic heterocycles. The van der Waals surface area contributed by atoms with Gasteiger partial charge in [-0.25, -0.2) is 0 Å². The van der Waals surface area contributed by atoms with Crippen molar-refractivity contribution in [2.75, 3.05) is 0 Å². The van der Waals surface area contributed by atoms with Gasteiger partial charge in [-0.2, -0.15) is 36.4 Å². The van der Waals surface area contributed by atoms with Gasteiger partial charge in [-0.1, -0.05) is 0 Å². The van der Waals surface area contributed by atoms with Crippen molar-refractivity contribution >= 4 is 30.6 Å². The van der Waals surface area contributed by atoms with E-state index in [-0.39, 0.29) is 17.0 Å². The zero-order chi connectivity index (χ0) is 6.24. The summed E-state index contributed by atoms with van der Waals surface area (Å²) in [5.41, 5.74) is 0. The summed E-state index contributed by atoms with van der Waals surface area (Å²) in [6.45, 7) is 0. The van der Waals surface area contributed by atoms with Crippen LogP contribution in [0.25, 0.3) is 0 Å². The van der Waals surface area contributed by atoms with Crippen molar-refractivity contribution in [1.82, 2.24) is 0 Å². The Bertz CT molecular complexity index is 83.0. The Morgan fingerprint density at radius 2 is 1.44 bits per heavy atom. The minimum Gasteiger partial charge on any atom is -0.184 e. The zero-order valence-corrected chi connectivity index (χ0v) is 11.1. The maximum absolute atomic E-state index is 3.06. The molecule has 0 saturated carbocycles. The number of halogens is 2. The molecule has 0 spiro atoms. The van der Waals surface area contributed by atoms with E-state index in [1.165, 1.54) is 16.3 Å². The van der Waals surface area contributed by atoms with E-state index < -0.39 is 0 Å². The first-order chi connectivity index (χ1) is 4.00. The first-order valence-electron chi connectivity index (χ1n) is 2.18. The molecular weight excluding hydrogens is 297 g/mol. The van der Waals surface area contributed by atoms with Gasteiger partial charge in [-0.3, -0.25) is 0 Å². The molecule has 0 aliphatic carbocycles. The Kier molecular flexibility index (Phi) is 16.1. The fraction of sp³-hybridized carbons (Fsp3) is 0. The van der Waals surface area contributed by atoms with Crippen molar-refractivity contribution in [2.24, 2.45) is 0 Å². The zero-order valence-electron chi connectivity index (χ0n) is 4.88. The molecule has 0 amide bonds. The van der Waals surface area contributed by atoms with Crippen LogP contribution in [0.4, 0.5) is 0 Å². The molecule has 0 saturated heterocycles. The quantitative estimate of drug-likeness (QED) is 0.511. The monoisotopic (exact) mass is 300 g/mol. The Hall–Kier alpha value is 0.803. The third kappa shape index (κ3) is 8.80. The number of benzene rings is 1. The fourth-order valence-corrected chi connectivity index (χ4v) is 0.342. The SMILES string of the molecule is Br.[Zn+][Br].[c-]1ccccc1. The summed E-state index contributed by atoms with van der Waals surface area (Å²) in [5.74, 6) is 0. The molecule has 0 heterocycles. The average Bonchev–Trinajstić information content (AvgIpc) is 1.96. The van der Waals surface area contributed by atoms with E-state index in [4.69, 9.17) is 0 Å². The maximum Gasteiger partial charge on any atom is -0.171 e. The van der Waals surface area contributed by atoms with Crippen molar-refractivity contribution < 1.29 is 16.3 Å². The predicted molar refractivity (Wildman–Crippen MR) is 44.5 cm³/mol. The van der Waals surface area contributed by atoms with Gasteiger partial charge in [0.15, 0.2) is 0 Å². The first-order valence-corrected chi connectivity index (χ1v) is 9.13. The van der Waals surface area contributed by atoms with Crippen molar-refractivity contribution in [2.45, 2.75) is 0 Å². The van der Waals surface area contributed by atoms with Gasteiger partial charge in [-0.05, 0) is 0 Å². The molecule has 0 unspecified atom stereocenters. The molecule has 1 rings (SSSR count). The van der Waals surface area contributed by atoms with Crippen LogP contribution in [0.2, 0.25) is 0 Å². The predicted octanol–water partition coefficient (Wildman–Crippen LogP) is 2.91. The summed E-state index contributed by atoms with van der Waals surface area (Å²) in [4.78, 5) is 0. The number of hydrogen-bond acceptors (Lipinski definition) is 0. The maximum atomic E-state index is 3.06. The molecule has 3 heteroatoms. The smallest absolute Gasteiger partial charge is 0.171 e. The van der Waals surface area contributed by atoms with Crippen LogP contribution in [0.15, 0.2) is 30.3 Å². The molecule has 0 nitrogen and oxygen atoms in total. The van der Waals surface area contributed by atoms with Gasteiger partial charge < -0.3 is 0 Å². The van der Waals surface area contributed by atoms with Crippen LogP contribution in [0, 0.1) is 6.07 Å². The third-order valence-corrected chi connectivity index (χ3v) is 0.607. The Labute approximate surface area is 82.8 Å². The van der Waals surface area contributed by atoms with E-state index in [0.29, 0.717) is 0 Å². The topological polar surface area (TPSA) is 0 Å². The minimum atomic E-state index is 0. The van der Waals surface area contributed by atoms with E-state index in [0.717, 1.165) is 0 Å². The van der Waals surface area contributed by atoms with Crippen LogP contribution >= 0.6 is 30.6 Å². The van der Waals surface area contributed by atoms with E-state index >= 15 is 0 Å². The van der Waals surface area contributed by atoms with Crippen molar-refractivity contribution in [3.05, 3.63) is 36.4 Å². The summed E-state index contributed by atoms with van der Waals surface area (Å²) in [5, 5.41) is 0. The molecule has 1 aromatic carbocycles.